The van der Waals surface area contributed by atoms with Gasteiger partial charge in [0.05, 0.1) is 18.8 Å². The van der Waals surface area contributed by atoms with Gasteiger partial charge in [-0.2, -0.15) is 13.2 Å². The van der Waals surface area contributed by atoms with E-state index in [0.29, 0.717) is 26.3 Å². The molecule has 6 heteroatoms. The molecule has 21 heavy (non-hydrogen) atoms. The molecule has 3 nitrogen and oxygen atoms in total. The predicted octanol–water partition coefficient (Wildman–Crippen LogP) is 2.89. The third kappa shape index (κ3) is 6.29. The van der Waals surface area contributed by atoms with E-state index in [0.717, 1.165) is 23.3 Å². The van der Waals surface area contributed by atoms with Crippen molar-refractivity contribution in [2.45, 2.75) is 19.1 Å². The average molecular weight is 302 g/mol. The number of benzene rings is 1. The van der Waals surface area contributed by atoms with Gasteiger partial charge in [0.25, 0.3) is 0 Å². The van der Waals surface area contributed by atoms with Crippen LogP contribution in [0.25, 0.3) is 0 Å². The second kappa shape index (κ2) is 8.17. The van der Waals surface area contributed by atoms with Crippen molar-refractivity contribution in [1.29, 1.82) is 0 Å². The minimum atomic E-state index is -4.32. The molecule has 0 radical (unpaired) electrons. The number of nitrogens with one attached hydrogen (secondary N) is 1. The SMILES string of the molecule is C=C(C)COCCNC(CN)c1ccc(C(F)(F)F)cc1. The van der Waals surface area contributed by atoms with Crippen molar-refractivity contribution in [3.63, 3.8) is 0 Å². The van der Waals surface area contributed by atoms with E-state index in [4.69, 9.17) is 10.5 Å². The van der Waals surface area contributed by atoms with Crippen LogP contribution in [-0.4, -0.2) is 26.3 Å². The van der Waals surface area contributed by atoms with Crippen LogP contribution in [0.1, 0.15) is 24.1 Å². The Balaban J connectivity index is 2.50. The van der Waals surface area contributed by atoms with Crippen molar-refractivity contribution in [2.75, 3.05) is 26.3 Å². The predicted molar refractivity (Wildman–Crippen MR) is 76.9 cm³/mol. The number of rotatable bonds is 8. The van der Waals surface area contributed by atoms with E-state index in [1.165, 1.54) is 12.1 Å². The molecule has 0 aliphatic carbocycles. The zero-order valence-electron chi connectivity index (χ0n) is 12.0. The highest BCUT2D eigenvalue weighted by Gasteiger charge is 2.30. The molecule has 0 heterocycles. The van der Waals surface area contributed by atoms with Gasteiger partial charge in [-0.05, 0) is 24.6 Å². The highest BCUT2D eigenvalue weighted by atomic mass is 19.4. The molecule has 1 aromatic rings. The van der Waals surface area contributed by atoms with E-state index in [9.17, 15) is 13.2 Å². The third-order valence-electron chi connectivity index (χ3n) is 2.86. The Kier molecular flexibility index (Phi) is 6.87. The van der Waals surface area contributed by atoms with Crippen LogP contribution in [0.15, 0.2) is 36.4 Å². The maximum absolute atomic E-state index is 12.5. The lowest BCUT2D eigenvalue weighted by molar-refractivity contribution is -0.137. The summed E-state index contributed by atoms with van der Waals surface area (Å²) in [4.78, 5) is 0. The highest BCUT2D eigenvalue weighted by Crippen LogP contribution is 2.29. The zero-order valence-corrected chi connectivity index (χ0v) is 12.0. The standard InChI is InChI=1S/C15H21F3N2O/c1-11(2)10-21-8-7-20-14(9-19)12-3-5-13(6-4-12)15(16,17)18/h3-6,14,20H,1,7-10,19H2,2H3. The fraction of sp³-hybridized carbons (Fsp3) is 0.467. The van der Waals surface area contributed by atoms with E-state index in [2.05, 4.69) is 11.9 Å². The Morgan fingerprint density at radius 3 is 2.43 bits per heavy atom. The zero-order chi connectivity index (χ0) is 15.9. The Labute approximate surface area is 123 Å². The van der Waals surface area contributed by atoms with Crippen molar-refractivity contribution in [2.24, 2.45) is 5.73 Å². The minimum absolute atomic E-state index is 0.194. The molecule has 1 rings (SSSR count). The number of halogens is 3. The summed E-state index contributed by atoms with van der Waals surface area (Å²) in [6, 6.07) is 4.83. The average Bonchev–Trinajstić information content (AvgIpc) is 2.42. The summed E-state index contributed by atoms with van der Waals surface area (Å²) < 4.78 is 42.8. The van der Waals surface area contributed by atoms with E-state index in [1.54, 1.807) is 0 Å². The molecule has 1 unspecified atom stereocenters. The van der Waals surface area contributed by atoms with Gasteiger partial charge >= 0.3 is 6.18 Å². The molecule has 0 amide bonds. The molecule has 0 aliphatic heterocycles. The van der Waals surface area contributed by atoms with E-state index in [-0.39, 0.29) is 6.04 Å². The lowest BCUT2D eigenvalue weighted by Crippen LogP contribution is -2.31. The minimum Gasteiger partial charge on any atom is -0.376 e. The fourth-order valence-corrected chi connectivity index (χ4v) is 1.79. The summed E-state index contributed by atoms with van der Waals surface area (Å²) in [7, 11) is 0. The molecular formula is C15H21F3N2O. The first-order valence-electron chi connectivity index (χ1n) is 6.67. The normalized spacial score (nSPS) is 13.2. The first kappa shape index (κ1) is 17.7. The van der Waals surface area contributed by atoms with Gasteiger partial charge in [0.15, 0.2) is 0 Å². The van der Waals surface area contributed by atoms with Crippen LogP contribution in [0, 0.1) is 0 Å². The van der Waals surface area contributed by atoms with Crippen molar-refractivity contribution in [1.82, 2.24) is 5.32 Å². The summed E-state index contributed by atoms with van der Waals surface area (Å²) >= 11 is 0. The number of ether oxygens (including phenoxy) is 1. The lowest BCUT2D eigenvalue weighted by Gasteiger charge is -2.18. The first-order valence-corrected chi connectivity index (χ1v) is 6.67. The smallest absolute Gasteiger partial charge is 0.376 e. The monoisotopic (exact) mass is 302 g/mol. The van der Waals surface area contributed by atoms with Gasteiger partial charge in [0.2, 0.25) is 0 Å². The maximum atomic E-state index is 12.5. The molecule has 1 aromatic carbocycles. The first-order chi connectivity index (χ1) is 9.84. The van der Waals surface area contributed by atoms with Gasteiger partial charge in [-0.15, -0.1) is 0 Å². The fourth-order valence-electron chi connectivity index (χ4n) is 1.79. The highest BCUT2D eigenvalue weighted by molar-refractivity contribution is 5.27. The van der Waals surface area contributed by atoms with Gasteiger partial charge < -0.3 is 15.8 Å². The number of hydrogen-bond donors (Lipinski definition) is 2. The van der Waals surface area contributed by atoms with Crippen molar-refractivity contribution < 1.29 is 17.9 Å². The summed E-state index contributed by atoms with van der Waals surface area (Å²) in [5.41, 5.74) is 6.66. The largest absolute Gasteiger partial charge is 0.416 e. The van der Waals surface area contributed by atoms with Gasteiger partial charge in [-0.3, -0.25) is 0 Å². The Hall–Kier alpha value is -1.37. The Morgan fingerprint density at radius 1 is 1.33 bits per heavy atom. The Bertz CT molecular complexity index is 443. The lowest BCUT2D eigenvalue weighted by atomic mass is 10.0. The summed E-state index contributed by atoms with van der Waals surface area (Å²) in [6.45, 7) is 7.44. The second-order valence-corrected chi connectivity index (χ2v) is 4.87. The molecule has 118 valence electrons. The summed E-state index contributed by atoms with van der Waals surface area (Å²) in [5.74, 6) is 0. The van der Waals surface area contributed by atoms with Crippen molar-refractivity contribution in [3.05, 3.63) is 47.5 Å². The number of alkyl halides is 3. The topological polar surface area (TPSA) is 47.3 Å². The number of hydrogen-bond acceptors (Lipinski definition) is 3. The third-order valence-corrected chi connectivity index (χ3v) is 2.86. The van der Waals surface area contributed by atoms with E-state index >= 15 is 0 Å². The molecule has 0 spiro atoms. The van der Waals surface area contributed by atoms with Crippen LogP contribution in [0.5, 0.6) is 0 Å². The van der Waals surface area contributed by atoms with Gasteiger partial charge in [-0.25, -0.2) is 0 Å². The number of nitrogens with two attached hydrogens (primary N) is 1. The molecule has 0 aromatic heterocycles. The molecule has 1 atom stereocenters. The van der Waals surface area contributed by atoms with Crippen LogP contribution in [-0.2, 0) is 10.9 Å². The second-order valence-electron chi connectivity index (χ2n) is 4.87. The van der Waals surface area contributed by atoms with E-state index in [1.807, 2.05) is 6.92 Å². The summed E-state index contributed by atoms with van der Waals surface area (Å²) in [6.07, 6.45) is -4.32. The maximum Gasteiger partial charge on any atom is 0.416 e. The van der Waals surface area contributed by atoms with Crippen LogP contribution in [0.2, 0.25) is 0 Å². The molecule has 0 aliphatic rings. The van der Waals surface area contributed by atoms with Gasteiger partial charge in [0.1, 0.15) is 0 Å². The van der Waals surface area contributed by atoms with Crippen LogP contribution in [0.3, 0.4) is 0 Å². The molecule has 0 bridgehead atoms. The van der Waals surface area contributed by atoms with E-state index < -0.39 is 11.7 Å². The van der Waals surface area contributed by atoms with Crippen molar-refractivity contribution >= 4 is 0 Å². The van der Waals surface area contributed by atoms with Crippen molar-refractivity contribution in [3.8, 4) is 0 Å². The molecule has 0 saturated heterocycles. The molecule has 0 saturated carbocycles. The van der Waals surface area contributed by atoms with Crippen LogP contribution in [0.4, 0.5) is 13.2 Å². The quantitative estimate of drug-likeness (QED) is 0.573. The summed E-state index contributed by atoms with van der Waals surface area (Å²) in [5, 5.41) is 3.16. The molecular weight excluding hydrogens is 281 g/mol. The van der Waals surface area contributed by atoms with Crippen LogP contribution < -0.4 is 11.1 Å². The van der Waals surface area contributed by atoms with Crippen LogP contribution >= 0.6 is 0 Å². The van der Waals surface area contributed by atoms with Gasteiger partial charge in [0, 0.05) is 19.1 Å². The van der Waals surface area contributed by atoms with Gasteiger partial charge in [-0.1, -0.05) is 24.3 Å². The Morgan fingerprint density at radius 2 is 1.95 bits per heavy atom. The molecule has 0 fully saturated rings. The molecule has 3 N–H and O–H groups in total.